The molecule has 1 fully saturated rings. The molecule has 1 aliphatic carbocycles. The molecule has 1 saturated carbocycles. The van der Waals surface area contributed by atoms with Crippen LogP contribution in [0.25, 0.3) is 0 Å². The summed E-state index contributed by atoms with van der Waals surface area (Å²) >= 11 is 0. The van der Waals surface area contributed by atoms with E-state index in [0.29, 0.717) is 0 Å². The first kappa shape index (κ1) is 12.8. The molecule has 0 heterocycles. The van der Waals surface area contributed by atoms with E-state index in [1.54, 1.807) is 12.2 Å². The Morgan fingerprint density at radius 1 is 0.938 bits per heavy atom. The molecule has 1 aliphatic rings. The van der Waals surface area contributed by atoms with Crippen molar-refractivity contribution in [2.24, 2.45) is 20.8 Å². The number of hydrogen-bond acceptors (Lipinski definition) is 4. The fourth-order valence-electron chi connectivity index (χ4n) is 3.18. The molecule has 0 aromatic rings. The van der Waals surface area contributed by atoms with E-state index in [1.807, 2.05) is 27.7 Å². The van der Waals surface area contributed by atoms with Crippen molar-refractivity contribution in [1.82, 2.24) is 0 Å². The summed E-state index contributed by atoms with van der Waals surface area (Å²) in [5, 5.41) is 0. The maximum Gasteiger partial charge on any atom is 0.235 e. The number of isocyanates is 2. The summed E-state index contributed by atoms with van der Waals surface area (Å²) in [6.07, 6.45) is 4.95. The molecular formula is C12H18N2O2. The Balaban J connectivity index is 3.18. The van der Waals surface area contributed by atoms with Crippen molar-refractivity contribution in [3.8, 4) is 0 Å². The molecule has 0 N–H and O–H groups in total. The monoisotopic (exact) mass is 222 g/mol. The molecule has 88 valence electrons. The van der Waals surface area contributed by atoms with Crippen LogP contribution in [0.15, 0.2) is 9.98 Å². The predicted octanol–water partition coefficient (Wildman–Crippen LogP) is 2.24. The first-order valence-electron chi connectivity index (χ1n) is 5.65. The molecule has 0 bridgehead atoms. The minimum absolute atomic E-state index is 0.102. The van der Waals surface area contributed by atoms with Crippen molar-refractivity contribution < 1.29 is 9.59 Å². The fourth-order valence-corrected chi connectivity index (χ4v) is 3.18. The van der Waals surface area contributed by atoms with E-state index < -0.39 is 0 Å². The van der Waals surface area contributed by atoms with Crippen LogP contribution in [0, 0.1) is 10.8 Å². The van der Waals surface area contributed by atoms with Crippen molar-refractivity contribution in [2.45, 2.75) is 52.6 Å². The van der Waals surface area contributed by atoms with E-state index >= 15 is 0 Å². The quantitative estimate of drug-likeness (QED) is 0.541. The van der Waals surface area contributed by atoms with E-state index in [1.165, 1.54) is 0 Å². The average Bonchev–Trinajstić information content (AvgIpc) is 2.31. The molecule has 4 heteroatoms. The minimum Gasteiger partial charge on any atom is -0.211 e. The number of aliphatic imine (C=N–C) groups is 2. The van der Waals surface area contributed by atoms with Crippen molar-refractivity contribution in [2.75, 3.05) is 0 Å². The van der Waals surface area contributed by atoms with Gasteiger partial charge in [0.1, 0.15) is 0 Å². The first-order chi connectivity index (χ1) is 7.51. The molecule has 0 atom stereocenters. The summed E-state index contributed by atoms with van der Waals surface area (Å²) in [4.78, 5) is 28.8. The molecule has 1 rings (SSSR count). The van der Waals surface area contributed by atoms with Crippen LogP contribution in [-0.2, 0) is 9.59 Å². The maximum atomic E-state index is 10.5. The second-order valence-corrected chi connectivity index (χ2v) is 4.96. The Bertz CT molecular complexity index is 321. The van der Waals surface area contributed by atoms with E-state index in [-0.39, 0.29) is 22.9 Å². The van der Waals surface area contributed by atoms with Gasteiger partial charge in [-0.15, -0.1) is 0 Å². The predicted molar refractivity (Wildman–Crippen MR) is 60.6 cm³/mol. The van der Waals surface area contributed by atoms with E-state index in [9.17, 15) is 9.59 Å². The first-order valence-corrected chi connectivity index (χ1v) is 5.65. The summed E-state index contributed by atoms with van der Waals surface area (Å²) in [5.41, 5.74) is -0.445. The normalized spacial score (nSPS) is 41.5. The fraction of sp³-hybridized carbons (Fsp3) is 0.833. The van der Waals surface area contributed by atoms with Gasteiger partial charge in [-0.3, -0.25) is 0 Å². The van der Waals surface area contributed by atoms with Crippen LogP contribution in [-0.4, -0.2) is 24.2 Å². The Hall–Kier alpha value is -1.24. The third kappa shape index (κ3) is 1.46. The Labute approximate surface area is 95.9 Å². The lowest BCUT2D eigenvalue weighted by molar-refractivity contribution is -0.0787. The largest absolute Gasteiger partial charge is 0.235 e. The SMILES string of the molecule is CCC1(C)C(N=C=O)C(C)(CC)C1N=C=O. The second kappa shape index (κ2) is 4.32. The minimum atomic E-state index is -0.223. The van der Waals surface area contributed by atoms with Crippen LogP contribution >= 0.6 is 0 Å². The van der Waals surface area contributed by atoms with Gasteiger partial charge in [0, 0.05) is 10.8 Å². The number of carbonyl (C=O) groups excluding carboxylic acids is 2. The highest BCUT2D eigenvalue weighted by Gasteiger charge is 2.65. The molecule has 16 heavy (non-hydrogen) atoms. The summed E-state index contributed by atoms with van der Waals surface area (Å²) < 4.78 is 0. The lowest BCUT2D eigenvalue weighted by atomic mass is 9.45. The maximum absolute atomic E-state index is 10.5. The molecule has 4 nitrogen and oxygen atoms in total. The average molecular weight is 222 g/mol. The summed E-state index contributed by atoms with van der Waals surface area (Å²) in [5.74, 6) is 0. The van der Waals surface area contributed by atoms with Crippen molar-refractivity contribution >= 4 is 12.2 Å². The van der Waals surface area contributed by atoms with E-state index in [4.69, 9.17) is 0 Å². The van der Waals surface area contributed by atoms with Gasteiger partial charge in [0.25, 0.3) is 0 Å². The van der Waals surface area contributed by atoms with Gasteiger partial charge >= 0.3 is 0 Å². The van der Waals surface area contributed by atoms with Gasteiger partial charge in [-0.05, 0) is 12.8 Å². The Morgan fingerprint density at radius 2 is 1.25 bits per heavy atom. The zero-order valence-electron chi connectivity index (χ0n) is 10.3. The summed E-state index contributed by atoms with van der Waals surface area (Å²) in [7, 11) is 0. The number of hydrogen-bond donors (Lipinski definition) is 0. The molecule has 0 amide bonds. The second-order valence-electron chi connectivity index (χ2n) is 4.96. The van der Waals surface area contributed by atoms with Crippen molar-refractivity contribution in [1.29, 1.82) is 0 Å². The molecule has 0 saturated heterocycles. The molecule has 0 aliphatic heterocycles. The highest BCUT2D eigenvalue weighted by Crippen LogP contribution is 2.60. The molecule has 0 aromatic heterocycles. The highest BCUT2D eigenvalue weighted by molar-refractivity contribution is 5.40. The van der Waals surface area contributed by atoms with Crippen LogP contribution < -0.4 is 0 Å². The van der Waals surface area contributed by atoms with Crippen LogP contribution in [0.2, 0.25) is 0 Å². The van der Waals surface area contributed by atoms with Crippen LogP contribution in [0.4, 0.5) is 0 Å². The third-order valence-corrected chi connectivity index (χ3v) is 4.39. The van der Waals surface area contributed by atoms with Gasteiger partial charge in [0.15, 0.2) is 0 Å². The zero-order chi connectivity index (χ0) is 12.4. The van der Waals surface area contributed by atoms with E-state index in [2.05, 4.69) is 9.98 Å². The van der Waals surface area contributed by atoms with Crippen LogP contribution in [0.5, 0.6) is 0 Å². The zero-order valence-corrected chi connectivity index (χ0v) is 10.3. The number of nitrogens with zero attached hydrogens (tertiary/aromatic N) is 2. The van der Waals surface area contributed by atoms with Crippen LogP contribution in [0.1, 0.15) is 40.5 Å². The smallest absolute Gasteiger partial charge is 0.211 e. The molecule has 0 spiro atoms. The summed E-state index contributed by atoms with van der Waals surface area (Å²) in [6.45, 7) is 8.08. The van der Waals surface area contributed by atoms with Gasteiger partial charge in [-0.1, -0.05) is 27.7 Å². The van der Waals surface area contributed by atoms with E-state index in [0.717, 1.165) is 12.8 Å². The molecule has 0 unspecified atom stereocenters. The van der Waals surface area contributed by atoms with Gasteiger partial charge in [-0.2, -0.15) is 0 Å². The summed E-state index contributed by atoms with van der Waals surface area (Å²) in [6, 6.07) is -0.204. The lowest BCUT2D eigenvalue weighted by Gasteiger charge is -2.61. The standard InChI is InChI=1S/C12H18N2O2/c1-5-11(3)9(13-7-15)12(4,6-2)10(11)14-8-16/h9-10H,5-6H2,1-4H3. The number of rotatable bonds is 4. The molecule has 0 aromatic carbocycles. The molecular weight excluding hydrogens is 204 g/mol. The van der Waals surface area contributed by atoms with Gasteiger partial charge < -0.3 is 0 Å². The Morgan fingerprint density at radius 3 is 1.44 bits per heavy atom. The van der Waals surface area contributed by atoms with Gasteiger partial charge in [0.2, 0.25) is 12.2 Å². The van der Waals surface area contributed by atoms with Gasteiger partial charge in [-0.25, -0.2) is 19.6 Å². The highest BCUT2D eigenvalue weighted by atomic mass is 16.1. The topological polar surface area (TPSA) is 58.9 Å². The Kier molecular flexibility index (Phi) is 3.47. The van der Waals surface area contributed by atoms with Crippen molar-refractivity contribution in [3.05, 3.63) is 0 Å². The lowest BCUT2D eigenvalue weighted by Crippen LogP contribution is -2.67. The molecule has 0 radical (unpaired) electrons. The third-order valence-electron chi connectivity index (χ3n) is 4.39. The van der Waals surface area contributed by atoms with Crippen molar-refractivity contribution in [3.63, 3.8) is 0 Å². The van der Waals surface area contributed by atoms with Gasteiger partial charge in [0.05, 0.1) is 12.1 Å². The van der Waals surface area contributed by atoms with Crippen LogP contribution in [0.3, 0.4) is 0 Å².